The predicted molar refractivity (Wildman–Crippen MR) is 150 cm³/mol. The third-order valence-corrected chi connectivity index (χ3v) is 7.10. The molecule has 1 aliphatic rings. The van der Waals surface area contributed by atoms with Crippen LogP contribution in [0.3, 0.4) is 0 Å². The van der Waals surface area contributed by atoms with Gasteiger partial charge in [-0.25, -0.2) is 9.79 Å². The van der Waals surface area contributed by atoms with Gasteiger partial charge in [0.05, 0.1) is 32.8 Å². The van der Waals surface area contributed by atoms with E-state index in [1.807, 2.05) is 12.1 Å². The molecule has 0 radical (unpaired) electrons. The monoisotopic (exact) mass is 574 g/mol. The number of rotatable bonds is 7. The molecule has 10 heteroatoms. The molecule has 1 fully saturated rings. The number of amidine groups is 1. The summed E-state index contributed by atoms with van der Waals surface area (Å²) in [6, 6.07) is 17.3. The normalized spacial score (nSPS) is 15.5. The molecule has 0 spiro atoms. The maximum absolute atomic E-state index is 12.8. The lowest BCUT2D eigenvalue weighted by molar-refractivity contribution is -0.121. The van der Waals surface area contributed by atoms with Gasteiger partial charge in [0.15, 0.2) is 10.9 Å². The Labute approximate surface area is 233 Å². The van der Waals surface area contributed by atoms with Crippen LogP contribution >= 0.6 is 46.6 Å². The van der Waals surface area contributed by atoms with Crippen LogP contribution in [-0.4, -0.2) is 35.6 Å². The fourth-order valence-electron chi connectivity index (χ4n) is 3.34. The Morgan fingerprint density at radius 2 is 1.68 bits per heavy atom. The van der Waals surface area contributed by atoms with Crippen molar-refractivity contribution in [2.45, 2.75) is 13.5 Å². The van der Waals surface area contributed by atoms with Crippen LogP contribution in [0.15, 0.2) is 70.6 Å². The van der Waals surface area contributed by atoms with E-state index in [1.165, 1.54) is 16.7 Å². The van der Waals surface area contributed by atoms with E-state index in [0.29, 0.717) is 54.3 Å². The van der Waals surface area contributed by atoms with Gasteiger partial charge in [0.25, 0.3) is 5.91 Å². The molecule has 1 aliphatic heterocycles. The van der Waals surface area contributed by atoms with Gasteiger partial charge in [-0.15, -0.1) is 0 Å². The Kier molecular flexibility index (Phi) is 8.82. The zero-order chi connectivity index (χ0) is 26.5. The summed E-state index contributed by atoms with van der Waals surface area (Å²) >= 11 is 20.0. The molecule has 1 heterocycles. The molecule has 0 unspecified atom stereocenters. The number of benzene rings is 3. The highest BCUT2D eigenvalue weighted by molar-refractivity contribution is 8.18. The van der Waals surface area contributed by atoms with Gasteiger partial charge < -0.3 is 9.47 Å². The van der Waals surface area contributed by atoms with E-state index in [2.05, 4.69) is 4.99 Å². The zero-order valence-electron chi connectivity index (χ0n) is 19.8. The Hall–Kier alpha value is -2.97. The van der Waals surface area contributed by atoms with Crippen molar-refractivity contribution in [3.05, 3.63) is 97.3 Å². The fraction of sp³-hybridized carbons (Fsp3) is 0.148. The lowest BCUT2D eigenvalue weighted by Gasteiger charge is -2.11. The number of ether oxygens (including phenoxy) is 2. The molecule has 3 aromatic carbocycles. The number of esters is 1. The number of likely N-dealkylation sites (N-methyl/N-ethyl adjacent to an activating group) is 1. The van der Waals surface area contributed by atoms with Gasteiger partial charge >= 0.3 is 5.97 Å². The molecular formula is C27H21Cl3N2O4S. The van der Waals surface area contributed by atoms with Crippen molar-refractivity contribution in [1.29, 1.82) is 0 Å². The molecule has 1 amide bonds. The molecule has 1 saturated heterocycles. The van der Waals surface area contributed by atoms with Crippen LogP contribution in [0.25, 0.3) is 6.08 Å². The number of carbonyl (C=O) groups is 2. The summed E-state index contributed by atoms with van der Waals surface area (Å²) < 4.78 is 10.8. The van der Waals surface area contributed by atoms with Crippen LogP contribution in [0.4, 0.5) is 5.69 Å². The molecule has 0 bridgehead atoms. The van der Waals surface area contributed by atoms with Gasteiger partial charge in [0, 0.05) is 12.1 Å². The average molecular weight is 576 g/mol. The number of aliphatic imine (C=N–C) groups is 1. The van der Waals surface area contributed by atoms with Crippen LogP contribution in [0.1, 0.15) is 28.4 Å². The molecular weight excluding hydrogens is 555 g/mol. The van der Waals surface area contributed by atoms with Gasteiger partial charge in [0.1, 0.15) is 6.61 Å². The molecule has 4 rings (SSSR count). The highest BCUT2D eigenvalue weighted by Crippen LogP contribution is 2.38. The topological polar surface area (TPSA) is 68.2 Å². The number of hydrogen-bond donors (Lipinski definition) is 0. The maximum Gasteiger partial charge on any atom is 0.338 e. The number of halogens is 3. The molecule has 6 nitrogen and oxygen atoms in total. The second kappa shape index (κ2) is 12.0. The van der Waals surface area contributed by atoms with Crippen molar-refractivity contribution in [2.75, 3.05) is 13.7 Å². The summed E-state index contributed by atoms with van der Waals surface area (Å²) in [7, 11) is 1.65. The smallest absolute Gasteiger partial charge is 0.338 e. The number of thioether (sulfide) groups is 1. The minimum Gasteiger partial charge on any atom is -0.486 e. The molecule has 0 aromatic heterocycles. The van der Waals surface area contributed by atoms with Gasteiger partial charge in [-0.1, -0.05) is 46.9 Å². The van der Waals surface area contributed by atoms with E-state index in [1.54, 1.807) is 68.6 Å². The molecule has 0 atom stereocenters. The van der Waals surface area contributed by atoms with Gasteiger partial charge in [0.2, 0.25) is 0 Å². The van der Waals surface area contributed by atoms with Crippen LogP contribution in [0.5, 0.6) is 5.75 Å². The number of nitrogens with zero attached hydrogens (tertiary/aromatic N) is 2. The first-order valence-corrected chi connectivity index (χ1v) is 13.1. The first kappa shape index (κ1) is 27.1. The third-order valence-electron chi connectivity index (χ3n) is 5.22. The largest absolute Gasteiger partial charge is 0.486 e. The third kappa shape index (κ3) is 6.67. The van der Waals surface area contributed by atoms with Crippen LogP contribution in [0.2, 0.25) is 15.1 Å². The van der Waals surface area contributed by atoms with Gasteiger partial charge in [-0.2, -0.15) is 0 Å². The second-order valence-corrected chi connectivity index (χ2v) is 10.1. The van der Waals surface area contributed by atoms with E-state index < -0.39 is 5.97 Å². The van der Waals surface area contributed by atoms with Crippen molar-refractivity contribution in [3.8, 4) is 5.75 Å². The minimum atomic E-state index is -0.395. The van der Waals surface area contributed by atoms with Crippen LogP contribution in [-0.2, 0) is 16.1 Å². The number of hydrogen-bond acceptors (Lipinski definition) is 6. The van der Waals surface area contributed by atoms with Crippen LogP contribution in [0, 0.1) is 0 Å². The molecule has 0 N–H and O–H groups in total. The molecule has 0 aliphatic carbocycles. The van der Waals surface area contributed by atoms with Crippen molar-refractivity contribution >= 4 is 75.4 Å². The fourth-order valence-corrected chi connectivity index (χ4v) is 5.06. The quantitative estimate of drug-likeness (QED) is 0.214. The van der Waals surface area contributed by atoms with Gasteiger partial charge in [-0.3, -0.25) is 9.69 Å². The zero-order valence-corrected chi connectivity index (χ0v) is 22.9. The summed E-state index contributed by atoms with van der Waals surface area (Å²) in [6.45, 7) is 2.33. The summed E-state index contributed by atoms with van der Waals surface area (Å²) in [5, 5.41) is 1.79. The SMILES string of the molecule is CCOC(=O)c1ccc(N=C2S/C(=C\c3cc(Cl)c(OCc4ccc(Cl)cc4)c(Cl)c3)C(=O)N2C)cc1. The van der Waals surface area contributed by atoms with E-state index in [-0.39, 0.29) is 12.5 Å². The lowest BCUT2D eigenvalue weighted by atomic mass is 10.2. The summed E-state index contributed by atoms with van der Waals surface area (Å²) in [5.41, 5.74) is 2.60. The van der Waals surface area contributed by atoms with Crippen molar-refractivity contribution in [2.24, 2.45) is 4.99 Å². The Bertz CT molecular complexity index is 1370. The average Bonchev–Trinajstić information content (AvgIpc) is 3.12. The van der Waals surface area contributed by atoms with Crippen molar-refractivity contribution in [1.82, 2.24) is 4.90 Å². The highest BCUT2D eigenvalue weighted by atomic mass is 35.5. The molecule has 190 valence electrons. The van der Waals surface area contributed by atoms with E-state index in [4.69, 9.17) is 44.3 Å². The van der Waals surface area contributed by atoms with Gasteiger partial charge in [-0.05, 0) is 84.4 Å². The van der Waals surface area contributed by atoms with E-state index >= 15 is 0 Å². The molecule has 0 saturated carbocycles. The van der Waals surface area contributed by atoms with E-state index in [0.717, 1.165) is 5.56 Å². The Morgan fingerprint density at radius 3 is 2.30 bits per heavy atom. The minimum absolute atomic E-state index is 0.206. The highest BCUT2D eigenvalue weighted by Gasteiger charge is 2.30. The summed E-state index contributed by atoms with van der Waals surface area (Å²) in [5.74, 6) is -0.244. The Balaban J connectivity index is 1.49. The van der Waals surface area contributed by atoms with Crippen molar-refractivity contribution < 1.29 is 19.1 Å². The van der Waals surface area contributed by atoms with Crippen LogP contribution < -0.4 is 4.74 Å². The maximum atomic E-state index is 12.8. The van der Waals surface area contributed by atoms with Crippen molar-refractivity contribution in [3.63, 3.8) is 0 Å². The standard InChI is InChI=1S/C27H21Cl3N2O4S/c1-3-35-26(34)18-6-10-20(11-7-18)31-27-32(2)25(33)23(37-27)14-17-12-21(29)24(22(30)13-17)36-15-16-4-8-19(28)9-5-16/h4-14H,3,15H2,1-2H3/b23-14-,31-27?. The lowest BCUT2D eigenvalue weighted by Crippen LogP contribution is -2.23. The second-order valence-electron chi connectivity index (χ2n) is 7.87. The summed E-state index contributed by atoms with van der Waals surface area (Å²) in [4.78, 5) is 31.2. The number of carbonyl (C=O) groups excluding carboxylic acids is 2. The molecule has 3 aromatic rings. The van der Waals surface area contributed by atoms with E-state index in [9.17, 15) is 9.59 Å². The first-order chi connectivity index (χ1) is 17.7. The first-order valence-electron chi connectivity index (χ1n) is 11.1. The number of amides is 1. The summed E-state index contributed by atoms with van der Waals surface area (Å²) in [6.07, 6.45) is 1.70. The molecule has 37 heavy (non-hydrogen) atoms. The predicted octanol–water partition coefficient (Wildman–Crippen LogP) is 7.64. The Morgan fingerprint density at radius 1 is 1.03 bits per heavy atom.